The van der Waals surface area contributed by atoms with Crippen LogP contribution in [-0.2, 0) is 4.79 Å². The topological polar surface area (TPSA) is 59.7 Å². The molecule has 2 saturated heterocycles. The molecule has 5 heteroatoms. The molecule has 3 atom stereocenters. The van der Waals surface area contributed by atoms with E-state index < -0.39 is 0 Å². The molecule has 0 N–H and O–H groups in total. The molecular formula is C15H14N4O. The molecule has 3 aliphatic rings. The maximum atomic E-state index is 12.8. The van der Waals surface area contributed by atoms with E-state index in [1.165, 1.54) is 0 Å². The van der Waals surface area contributed by atoms with Gasteiger partial charge >= 0.3 is 0 Å². The van der Waals surface area contributed by atoms with Crippen molar-refractivity contribution in [3.63, 3.8) is 0 Å². The summed E-state index contributed by atoms with van der Waals surface area (Å²) in [7, 11) is 0. The second kappa shape index (κ2) is 4.07. The monoisotopic (exact) mass is 266 g/mol. The largest absolute Gasteiger partial charge is 0.326 e. The number of hydrogen-bond acceptors (Lipinski definition) is 3. The van der Waals surface area contributed by atoms with E-state index >= 15 is 0 Å². The minimum Gasteiger partial charge on any atom is -0.326 e. The third kappa shape index (κ3) is 1.36. The summed E-state index contributed by atoms with van der Waals surface area (Å²) >= 11 is 0. The van der Waals surface area contributed by atoms with Crippen molar-refractivity contribution in [3.05, 3.63) is 30.3 Å². The van der Waals surface area contributed by atoms with Crippen molar-refractivity contribution in [3.8, 4) is 6.19 Å². The molecule has 0 spiro atoms. The molecule has 4 rings (SSSR count). The van der Waals surface area contributed by atoms with Crippen LogP contribution in [0.15, 0.2) is 35.3 Å². The molecule has 2 aliphatic heterocycles. The Hall–Kier alpha value is -2.35. The molecule has 1 aromatic carbocycles. The lowest BCUT2D eigenvalue weighted by atomic mass is 9.99. The number of anilines is 1. The number of para-hydroxylation sites is 1. The molecule has 3 fully saturated rings. The van der Waals surface area contributed by atoms with Crippen LogP contribution in [0.3, 0.4) is 0 Å². The summed E-state index contributed by atoms with van der Waals surface area (Å²) in [4.78, 5) is 20.4. The van der Waals surface area contributed by atoms with Gasteiger partial charge in [-0.15, -0.1) is 4.99 Å². The maximum absolute atomic E-state index is 12.8. The third-order valence-corrected chi connectivity index (χ3v) is 4.65. The molecule has 1 saturated carbocycles. The van der Waals surface area contributed by atoms with Crippen LogP contribution >= 0.6 is 0 Å². The lowest BCUT2D eigenvalue weighted by Gasteiger charge is -2.28. The van der Waals surface area contributed by atoms with Crippen molar-refractivity contribution in [2.24, 2.45) is 10.9 Å². The Morgan fingerprint density at radius 3 is 2.80 bits per heavy atom. The standard InChI is InChI=1S/C15H14N4O/c16-9-17-15-18-12-7-6-10(8-12)13(18)14(20)19(15)11-4-2-1-3-5-11/h1-5,10,12-13H,6-8H2/t10?,12?,13-/m0/s1. The van der Waals surface area contributed by atoms with Gasteiger partial charge in [0.05, 0.1) is 5.69 Å². The van der Waals surface area contributed by atoms with Gasteiger partial charge in [-0.2, -0.15) is 5.26 Å². The first-order valence-corrected chi connectivity index (χ1v) is 6.95. The molecule has 20 heavy (non-hydrogen) atoms. The van der Waals surface area contributed by atoms with Gasteiger partial charge in [-0.1, -0.05) is 18.2 Å². The van der Waals surface area contributed by atoms with Gasteiger partial charge in [0, 0.05) is 6.04 Å². The molecule has 0 radical (unpaired) electrons. The van der Waals surface area contributed by atoms with Crippen LogP contribution in [0.2, 0.25) is 0 Å². The van der Waals surface area contributed by atoms with Gasteiger partial charge in [0.2, 0.25) is 12.2 Å². The molecule has 5 nitrogen and oxygen atoms in total. The van der Waals surface area contributed by atoms with Crippen LogP contribution in [0.5, 0.6) is 0 Å². The van der Waals surface area contributed by atoms with E-state index in [1.54, 1.807) is 4.90 Å². The summed E-state index contributed by atoms with van der Waals surface area (Å²) in [5.41, 5.74) is 0.792. The number of aliphatic imine (C=N–C) groups is 1. The van der Waals surface area contributed by atoms with Gasteiger partial charge in [0.1, 0.15) is 6.04 Å². The lowest BCUT2D eigenvalue weighted by molar-refractivity contribution is -0.120. The number of carbonyl (C=O) groups is 1. The minimum atomic E-state index is -0.110. The fraction of sp³-hybridized carbons (Fsp3) is 0.400. The quantitative estimate of drug-likeness (QED) is 0.727. The van der Waals surface area contributed by atoms with Crippen LogP contribution < -0.4 is 4.90 Å². The van der Waals surface area contributed by atoms with Crippen LogP contribution in [0.25, 0.3) is 0 Å². The Bertz CT molecular complexity index is 633. The number of nitriles is 1. The van der Waals surface area contributed by atoms with Crippen LogP contribution in [0.4, 0.5) is 5.69 Å². The Morgan fingerprint density at radius 2 is 2.05 bits per heavy atom. The van der Waals surface area contributed by atoms with Crippen molar-refractivity contribution in [1.82, 2.24) is 4.90 Å². The predicted molar refractivity (Wildman–Crippen MR) is 73.7 cm³/mol. The Morgan fingerprint density at radius 1 is 1.25 bits per heavy atom. The van der Waals surface area contributed by atoms with Gasteiger partial charge in [0.25, 0.3) is 5.91 Å². The summed E-state index contributed by atoms with van der Waals surface area (Å²) in [6.07, 6.45) is 5.12. The molecule has 1 aliphatic carbocycles. The van der Waals surface area contributed by atoms with Crippen molar-refractivity contribution in [1.29, 1.82) is 5.26 Å². The van der Waals surface area contributed by atoms with Gasteiger partial charge < -0.3 is 4.90 Å². The van der Waals surface area contributed by atoms with Gasteiger partial charge in [0.15, 0.2) is 0 Å². The smallest absolute Gasteiger partial charge is 0.257 e. The van der Waals surface area contributed by atoms with Gasteiger partial charge in [-0.3, -0.25) is 4.79 Å². The Kier molecular flexibility index (Phi) is 2.34. The van der Waals surface area contributed by atoms with Crippen molar-refractivity contribution in [2.75, 3.05) is 4.90 Å². The number of carbonyl (C=O) groups excluding carboxylic acids is 1. The van der Waals surface area contributed by atoms with Crippen molar-refractivity contribution >= 4 is 17.6 Å². The Labute approximate surface area is 117 Å². The number of rotatable bonds is 1. The molecule has 100 valence electrons. The molecule has 2 bridgehead atoms. The first-order valence-electron chi connectivity index (χ1n) is 6.95. The summed E-state index contributed by atoms with van der Waals surface area (Å²) in [5, 5.41) is 8.97. The van der Waals surface area contributed by atoms with E-state index in [0.29, 0.717) is 17.9 Å². The second-order valence-electron chi connectivity index (χ2n) is 5.60. The molecular weight excluding hydrogens is 252 g/mol. The predicted octanol–water partition coefficient (Wildman–Crippen LogP) is 1.72. The SMILES string of the molecule is N#CN=C1N(c2ccccc2)C(=O)[C@@H]2C3CCC(C3)N12. The van der Waals surface area contributed by atoms with Crippen LogP contribution in [0.1, 0.15) is 19.3 Å². The lowest BCUT2D eigenvalue weighted by Crippen LogP contribution is -2.41. The number of amides is 1. The average Bonchev–Trinajstić information content (AvgIpc) is 3.14. The second-order valence-corrected chi connectivity index (χ2v) is 5.60. The normalized spacial score (nSPS) is 32.9. The first kappa shape index (κ1) is 11.5. The Balaban J connectivity index is 1.82. The number of benzene rings is 1. The molecule has 1 aromatic rings. The van der Waals surface area contributed by atoms with Crippen LogP contribution in [-0.4, -0.2) is 28.9 Å². The highest BCUT2D eigenvalue weighted by atomic mass is 16.2. The third-order valence-electron chi connectivity index (χ3n) is 4.65. The number of piperidine rings is 1. The van der Waals surface area contributed by atoms with E-state index in [1.807, 2.05) is 36.5 Å². The van der Waals surface area contributed by atoms with Crippen molar-refractivity contribution in [2.45, 2.75) is 31.3 Å². The molecule has 2 unspecified atom stereocenters. The van der Waals surface area contributed by atoms with E-state index in [-0.39, 0.29) is 11.9 Å². The van der Waals surface area contributed by atoms with E-state index in [2.05, 4.69) is 9.89 Å². The number of nitrogens with zero attached hydrogens (tertiary/aromatic N) is 4. The highest BCUT2D eigenvalue weighted by Crippen LogP contribution is 2.47. The minimum absolute atomic E-state index is 0.0670. The number of hydrogen-bond donors (Lipinski definition) is 0. The van der Waals surface area contributed by atoms with E-state index in [0.717, 1.165) is 24.9 Å². The summed E-state index contributed by atoms with van der Waals surface area (Å²) in [6, 6.07) is 9.73. The highest BCUT2D eigenvalue weighted by molar-refractivity contribution is 6.23. The zero-order valence-corrected chi connectivity index (χ0v) is 10.9. The molecule has 0 aromatic heterocycles. The first-order chi connectivity index (χ1) is 9.81. The summed E-state index contributed by atoms with van der Waals surface area (Å²) in [5.74, 6) is 1.00. The zero-order valence-electron chi connectivity index (χ0n) is 10.9. The van der Waals surface area contributed by atoms with Gasteiger partial charge in [-0.05, 0) is 37.3 Å². The van der Waals surface area contributed by atoms with Crippen molar-refractivity contribution < 1.29 is 4.79 Å². The van der Waals surface area contributed by atoms with Gasteiger partial charge in [-0.25, -0.2) is 4.90 Å². The maximum Gasteiger partial charge on any atom is 0.257 e. The highest BCUT2D eigenvalue weighted by Gasteiger charge is 2.58. The number of guanidine groups is 1. The fourth-order valence-electron chi connectivity index (χ4n) is 3.91. The zero-order chi connectivity index (χ0) is 13.7. The summed E-state index contributed by atoms with van der Waals surface area (Å²) < 4.78 is 0. The average molecular weight is 266 g/mol. The molecule has 2 heterocycles. The van der Waals surface area contributed by atoms with E-state index in [4.69, 9.17) is 5.26 Å². The van der Waals surface area contributed by atoms with E-state index in [9.17, 15) is 4.79 Å². The number of fused-ring (bicyclic) bond motifs is 5. The summed E-state index contributed by atoms with van der Waals surface area (Å²) in [6.45, 7) is 0. The molecule has 1 amide bonds. The van der Waals surface area contributed by atoms with Crippen LogP contribution in [0, 0.1) is 17.4 Å². The fourth-order valence-corrected chi connectivity index (χ4v) is 3.91.